The Kier molecular flexibility index (Phi) is 6.60. The molecule has 1 rings (SSSR count). The Morgan fingerprint density at radius 1 is 1.21 bits per heavy atom. The zero-order valence-electron chi connectivity index (χ0n) is 10.1. The summed E-state index contributed by atoms with van der Waals surface area (Å²) in [5.74, 6) is -0.144. The smallest absolute Gasteiger partial charge is 0.303 e. The van der Waals surface area contributed by atoms with Gasteiger partial charge in [0.15, 0.2) is 0 Å². The number of hydrogen-bond acceptors (Lipinski definition) is 2. The van der Waals surface area contributed by atoms with Crippen molar-refractivity contribution in [3.8, 4) is 0 Å². The van der Waals surface area contributed by atoms with E-state index in [0.29, 0.717) is 0 Å². The zero-order valence-corrected chi connectivity index (χ0v) is 10.1. The van der Waals surface area contributed by atoms with Crippen molar-refractivity contribution in [1.82, 2.24) is 0 Å². The van der Waals surface area contributed by atoms with E-state index in [9.17, 15) is 4.79 Å². The van der Waals surface area contributed by atoms with E-state index in [1.54, 1.807) is 0 Å². The Balaban J connectivity index is 0.000000500. The Morgan fingerprint density at radius 3 is 2.00 bits per heavy atom. The molecule has 0 spiro atoms. The molecule has 0 unspecified atom stereocenters. The van der Waals surface area contributed by atoms with Gasteiger partial charge in [0.25, 0.3) is 0 Å². The van der Waals surface area contributed by atoms with Gasteiger partial charge in [0.05, 0.1) is 0 Å². The fourth-order valence-electron chi connectivity index (χ4n) is 1.75. The number of ether oxygens (including phenoxy) is 1. The first-order chi connectivity index (χ1) is 6.54. The van der Waals surface area contributed by atoms with Gasteiger partial charge in [-0.15, -0.1) is 0 Å². The van der Waals surface area contributed by atoms with E-state index >= 15 is 0 Å². The van der Waals surface area contributed by atoms with E-state index < -0.39 is 0 Å². The summed E-state index contributed by atoms with van der Waals surface area (Å²) in [6.45, 7) is 7.77. The Morgan fingerprint density at radius 2 is 1.64 bits per heavy atom. The first kappa shape index (κ1) is 13.5. The topological polar surface area (TPSA) is 26.3 Å². The molecule has 1 aliphatic carbocycles. The molecule has 1 fully saturated rings. The second-order valence-electron chi connectivity index (χ2n) is 4.31. The summed E-state index contributed by atoms with van der Waals surface area (Å²) in [7, 11) is 0. The largest absolute Gasteiger partial charge is 0.460 e. The van der Waals surface area contributed by atoms with Crippen LogP contribution < -0.4 is 0 Å². The van der Waals surface area contributed by atoms with Crippen LogP contribution >= 0.6 is 0 Å². The maximum Gasteiger partial charge on any atom is 0.303 e. The van der Waals surface area contributed by atoms with Gasteiger partial charge in [-0.3, -0.25) is 4.79 Å². The molecule has 1 saturated carbocycles. The summed E-state index contributed by atoms with van der Waals surface area (Å²) in [6.07, 6.45) is 7.00. The van der Waals surface area contributed by atoms with Crippen LogP contribution in [0.3, 0.4) is 0 Å². The van der Waals surface area contributed by atoms with E-state index in [1.807, 2.05) is 6.92 Å². The van der Waals surface area contributed by atoms with E-state index in [4.69, 9.17) is 4.74 Å². The van der Waals surface area contributed by atoms with Gasteiger partial charge in [-0.05, 0) is 32.6 Å². The first-order valence-electron chi connectivity index (χ1n) is 5.73. The van der Waals surface area contributed by atoms with Crippen molar-refractivity contribution in [3.63, 3.8) is 0 Å². The van der Waals surface area contributed by atoms with Crippen LogP contribution in [0.15, 0.2) is 0 Å². The molecule has 0 aliphatic heterocycles. The lowest BCUT2D eigenvalue weighted by Crippen LogP contribution is -2.32. The average Bonchev–Trinajstić information content (AvgIpc) is 2.04. The van der Waals surface area contributed by atoms with Crippen molar-refractivity contribution in [2.45, 2.75) is 71.8 Å². The van der Waals surface area contributed by atoms with Crippen molar-refractivity contribution >= 4 is 5.97 Å². The quantitative estimate of drug-likeness (QED) is 0.603. The summed E-state index contributed by atoms with van der Waals surface area (Å²) in [4.78, 5) is 10.7. The molecule has 0 saturated heterocycles. The normalized spacial score (nSPS) is 19.1. The summed E-state index contributed by atoms with van der Waals surface area (Å²) in [6, 6.07) is 0. The van der Waals surface area contributed by atoms with Crippen molar-refractivity contribution < 1.29 is 9.53 Å². The summed E-state index contributed by atoms with van der Waals surface area (Å²) >= 11 is 0. The SMILES string of the molecule is CC(=O)OC1(C)CCCCC1.CCC. The minimum absolute atomic E-state index is 0.144. The molecule has 14 heavy (non-hydrogen) atoms. The molecule has 1 aliphatic rings. The van der Waals surface area contributed by atoms with Gasteiger partial charge in [-0.25, -0.2) is 0 Å². The average molecular weight is 200 g/mol. The molecule has 0 radical (unpaired) electrons. The molecule has 0 aromatic heterocycles. The molecular formula is C12H24O2. The van der Waals surface area contributed by atoms with Crippen molar-refractivity contribution in [2.24, 2.45) is 0 Å². The number of esters is 1. The van der Waals surface area contributed by atoms with E-state index in [-0.39, 0.29) is 11.6 Å². The van der Waals surface area contributed by atoms with Gasteiger partial charge >= 0.3 is 5.97 Å². The van der Waals surface area contributed by atoms with Crippen molar-refractivity contribution in [1.29, 1.82) is 0 Å². The summed E-state index contributed by atoms with van der Waals surface area (Å²) in [5, 5.41) is 0. The molecule has 0 amide bonds. The van der Waals surface area contributed by atoms with E-state index in [2.05, 4.69) is 13.8 Å². The highest BCUT2D eigenvalue weighted by molar-refractivity contribution is 5.66. The molecule has 0 N–H and O–H groups in total. The molecular weight excluding hydrogens is 176 g/mol. The highest BCUT2D eigenvalue weighted by Gasteiger charge is 2.29. The van der Waals surface area contributed by atoms with Crippen LogP contribution in [-0.2, 0) is 9.53 Å². The van der Waals surface area contributed by atoms with Crippen LogP contribution in [-0.4, -0.2) is 11.6 Å². The molecule has 0 bridgehead atoms. The minimum atomic E-state index is -0.149. The third-order valence-electron chi connectivity index (χ3n) is 2.30. The van der Waals surface area contributed by atoms with Gasteiger partial charge in [-0.1, -0.05) is 26.7 Å². The lowest BCUT2D eigenvalue weighted by atomic mass is 9.86. The molecule has 0 aromatic rings. The number of rotatable bonds is 1. The third-order valence-corrected chi connectivity index (χ3v) is 2.30. The Bertz CT molecular complexity index is 158. The second kappa shape index (κ2) is 6.86. The molecule has 84 valence electrons. The second-order valence-corrected chi connectivity index (χ2v) is 4.31. The fourth-order valence-corrected chi connectivity index (χ4v) is 1.75. The van der Waals surface area contributed by atoms with Crippen LogP contribution in [0.5, 0.6) is 0 Å². The van der Waals surface area contributed by atoms with Gasteiger partial charge < -0.3 is 4.74 Å². The molecule has 0 heterocycles. The number of carbonyl (C=O) groups excluding carboxylic acids is 1. The minimum Gasteiger partial charge on any atom is -0.460 e. The third kappa shape index (κ3) is 6.01. The highest BCUT2D eigenvalue weighted by Crippen LogP contribution is 2.30. The zero-order chi connectivity index (χ0) is 11.0. The predicted octanol–water partition coefficient (Wildman–Crippen LogP) is 3.69. The maximum absolute atomic E-state index is 10.7. The van der Waals surface area contributed by atoms with Gasteiger partial charge in [-0.2, -0.15) is 0 Å². The Hall–Kier alpha value is -0.530. The number of carbonyl (C=O) groups is 1. The van der Waals surface area contributed by atoms with Crippen LogP contribution in [0.4, 0.5) is 0 Å². The first-order valence-corrected chi connectivity index (χ1v) is 5.73. The fraction of sp³-hybridized carbons (Fsp3) is 0.917. The summed E-state index contributed by atoms with van der Waals surface area (Å²) in [5.41, 5.74) is -0.149. The van der Waals surface area contributed by atoms with Crippen molar-refractivity contribution in [2.75, 3.05) is 0 Å². The van der Waals surface area contributed by atoms with Crippen molar-refractivity contribution in [3.05, 3.63) is 0 Å². The number of hydrogen-bond donors (Lipinski definition) is 0. The highest BCUT2D eigenvalue weighted by atomic mass is 16.6. The summed E-state index contributed by atoms with van der Waals surface area (Å²) < 4.78 is 5.24. The standard InChI is InChI=1S/C9H16O2.C3H8/c1-8(10)11-9(2)6-4-3-5-7-9;1-3-2/h3-7H2,1-2H3;3H2,1-2H3. The maximum atomic E-state index is 10.7. The van der Waals surface area contributed by atoms with Crippen LogP contribution in [0.2, 0.25) is 0 Å². The predicted molar refractivity (Wildman–Crippen MR) is 59.2 cm³/mol. The molecule has 0 aromatic carbocycles. The van der Waals surface area contributed by atoms with Crippen LogP contribution in [0.1, 0.15) is 66.2 Å². The molecule has 2 nitrogen and oxygen atoms in total. The monoisotopic (exact) mass is 200 g/mol. The van der Waals surface area contributed by atoms with E-state index in [0.717, 1.165) is 12.8 Å². The van der Waals surface area contributed by atoms with E-state index in [1.165, 1.54) is 32.6 Å². The Labute approximate surface area is 88.0 Å². The van der Waals surface area contributed by atoms with Gasteiger partial charge in [0.1, 0.15) is 5.60 Å². The van der Waals surface area contributed by atoms with Gasteiger partial charge in [0, 0.05) is 6.92 Å². The lowest BCUT2D eigenvalue weighted by Gasteiger charge is -2.32. The van der Waals surface area contributed by atoms with Gasteiger partial charge in [0.2, 0.25) is 0 Å². The molecule has 0 atom stereocenters. The lowest BCUT2D eigenvalue weighted by molar-refractivity contribution is -0.158. The van der Waals surface area contributed by atoms with Crippen LogP contribution in [0.25, 0.3) is 0 Å². The van der Waals surface area contributed by atoms with Crippen LogP contribution in [0, 0.1) is 0 Å². The molecule has 2 heteroatoms.